The zero-order chi connectivity index (χ0) is 21.2. The second-order valence-corrected chi connectivity index (χ2v) is 9.35. The predicted molar refractivity (Wildman–Crippen MR) is 102 cm³/mol. The molecule has 1 aromatic heterocycles. The lowest BCUT2D eigenvalue weighted by atomic mass is 9.88. The maximum absolute atomic E-state index is 13.0. The van der Waals surface area contributed by atoms with Crippen LogP contribution in [0.3, 0.4) is 0 Å². The number of carbonyl (C=O) groups excluding carboxylic acids is 1. The van der Waals surface area contributed by atoms with Crippen molar-refractivity contribution in [1.82, 2.24) is 15.5 Å². The Morgan fingerprint density at radius 2 is 1.86 bits per heavy atom. The molecule has 0 spiro atoms. The molecule has 1 aromatic carbocycles. The van der Waals surface area contributed by atoms with Crippen molar-refractivity contribution in [2.45, 2.75) is 55.9 Å². The van der Waals surface area contributed by atoms with Crippen LogP contribution in [-0.4, -0.2) is 35.6 Å². The van der Waals surface area contributed by atoms with E-state index in [1.807, 2.05) is 0 Å². The molecule has 2 aromatic rings. The molecule has 1 saturated carbocycles. The van der Waals surface area contributed by atoms with Gasteiger partial charge >= 0.3 is 0 Å². The topological polar surface area (TPSA) is 145 Å². The van der Waals surface area contributed by atoms with E-state index < -0.39 is 31.9 Å². The third-order valence-corrected chi connectivity index (χ3v) is 6.15. The van der Waals surface area contributed by atoms with Crippen molar-refractivity contribution in [3.05, 3.63) is 45.6 Å². The average molecular weight is 422 g/mol. The smallest absolute Gasteiger partial charge is 0.271 e. The molecule has 11 heteroatoms. The van der Waals surface area contributed by atoms with Crippen LogP contribution in [0.15, 0.2) is 27.6 Å². The van der Waals surface area contributed by atoms with Gasteiger partial charge in [0, 0.05) is 30.9 Å². The fraction of sp³-hybridized carbons (Fsp3) is 0.500. The second-order valence-electron chi connectivity index (χ2n) is 7.33. The Hall–Kier alpha value is -2.82. The predicted octanol–water partition coefficient (Wildman–Crippen LogP) is 2.67. The molecule has 1 amide bonds. The van der Waals surface area contributed by atoms with Gasteiger partial charge in [-0.15, -0.1) is 0 Å². The number of nitrogens with zero attached hydrogens (tertiary/aromatic N) is 3. The maximum atomic E-state index is 13.0. The summed E-state index contributed by atoms with van der Waals surface area (Å²) in [5.41, 5.74) is -1.45. The van der Waals surface area contributed by atoms with Crippen molar-refractivity contribution in [3.63, 3.8) is 0 Å². The summed E-state index contributed by atoms with van der Waals surface area (Å²) in [5, 5.41) is 18.1. The highest BCUT2D eigenvalue weighted by molar-refractivity contribution is 7.90. The first-order valence-corrected chi connectivity index (χ1v) is 11.1. The minimum Gasteiger partial charge on any atom is -0.340 e. The number of non-ortho nitro benzene ring substituents is 1. The number of sulfone groups is 1. The molecule has 0 saturated heterocycles. The number of nitro benzene ring substituents is 1. The molecule has 0 radical (unpaired) electrons. The fourth-order valence-corrected chi connectivity index (χ4v) is 4.23. The average Bonchev–Trinajstić information content (AvgIpc) is 2.96. The highest BCUT2D eigenvalue weighted by Crippen LogP contribution is 2.35. The quantitative estimate of drug-likeness (QED) is 0.440. The summed E-state index contributed by atoms with van der Waals surface area (Å²) >= 11 is 0. The van der Waals surface area contributed by atoms with Crippen LogP contribution in [0, 0.1) is 17.0 Å². The molecule has 1 fully saturated rings. The third-order valence-electron chi connectivity index (χ3n) is 5.06. The Labute approximate surface area is 167 Å². The first-order chi connectivity index (χ1) is 13.6. The monoisotopic (exact) mass is 422 g/mol. The van der Waals surface area contributed by atoms with E-state index in [-0.39, 0.29) is 10.5 Å². The van der Waals surface area contributed by atoms with Crippen LogP contribution in [0.25, 0.3) is 0 Å². The molecule has 29 heavy (non-hydrogen) atoms. The minimum absolute atomic E-state index is 0.108. The molecular weight excluding hydrogens is 400 g/mol. The van der Waals surface area contributed by atoms with Crippen LogP contribution in [0.1, 0.15) is 60.6 Å². The Kier molecular flexibility index (Phi) is 5.69. The lowest BCUT2D eigenvalue weighted by molar-refractivity contribution is -0.385. The van der Waals surface area contributed by atoms with Crippen LogP contribution >= 0.6 is 0 Å². The number of rotatable bonds is 5. The van der Waals surface area contributed by atoms with Gasteiger partial charge in [0.25, 0.3) is 11.6 Å². The Morgan fingerprint density at radius 1 is 1.21 bits per heavy atom. The van der Waals surface area contributed by atoms with Crippen LogP contribution in [-0.2, 0) is 15.4 Å². The molecule has 1 heterocycles. The SMILES string of the molecule is Cc1nc(C2(NC(=O)c3cc([N+](=O)[O-])cc(S(C)(=O)=O)c3)CCCCCC2)no1. The van der Waals surface area contributed by atoms with Gasteiger partial charge in [-0.2, -0.15) is 4.98 Å². The summed E-state index contributed by atoms with van der Waals surface area (Å²) in [7, 11) is -3.74. The van der Waals surface area contributed by atoms with E-state index in [0.29, 0.717) is 24.6 Å². The van der Waals surface area contributed by atoms with E-state index in [4.69, 9.17) is 4.52 Å². The van der Waals surface area contributed by atoms with Crippen molar-refractivity contribution in [1.29, 1.82) is 0 Å². The highest BCUT2D eigenvalue weighted by Gasteiger charge is 2.39. The first-order valence-electron chi connectivity index (χ1n) is 9.24. The molecule has 1 N–H and O–H groups in total. The Morgan fingerprint density at radius 3 is 2.38 bits per heavy atom. The van der Waals surface area contributed by atoms with Gasteiger partial charge in [-0.1, -0.05) is 30.8 Å². The van der Waals surface area contributed by atoms with Crippen LogP contribution in [0.5, 0.6) is 0 Å². The first kappa shape index (κ1) is 20.9. The lowest BCUT2D eigenvalue weighted by Crippen LogP contribution is -2.46. The molecule has 10 nitrogen and oxygen atoms in total. The van der Waals surface area contributed by atoms with Crippen molar-refractivity contribution in [3.8, 4) is 0 Å². The van der Waals surface area contributed by atoms with Crippen molar-refractivity contribution in [2.24, 2.45) is 0 Å². The number of amides is 1. The third kappa shape index (κ3) is 4.61. The fourth-order valence-electron chi connectivity index (χ4n) is 3.55. The van der Waals surface area contributed by atoms with Crippen molar-refractivity contribution < 1.29 is 22.7 Å². The van der Waals surface area contributed by atoms with Gasteiger partial charge in [-0.25, -0.2) is 8.42 Å². The Balaban J connectivity index is 2.02. The van der Waals surface area contributed by atoms with E-state index >= 15 is 0 Å². The molecule has 0 atom stereocenters. The summed E-state index contributed by atoms with van der Waals surface area (Å²) in [6.07, 6.45) is 5.81. The largest absolute Gasteiger partial charge is 0.340 e. The summed E-state index contributed by atoms with van der Waals surface area (Å²) < 4.78 is 28.9. The summed E-state index contributed by atoms with van der Waals surface area (Å²) in [6, 6.07) is 3.15. The molecule has 1 aliphatic carbocycles. The van der Waals surface area contributed by atoms with Crippen molar-refractivity contribution >= 4 is 21.4 Å². The highest BCUT2D eigenvalue weighted by atomic mass is 32.2. The van der Waals surface area contributed by atoms with Gasteiger partial charge in [-0.3, -0.25) is 14.9 Å². The van der Waals surface area contributed by atoms with E-state index in [2.05, 4.69) is 15.5 Å². The number of aromatic nitrogens is 2. The number of hydrogen-bond acceptors (Lipinski definition) is 8. The molecule has 1 aliphatic rings. The van der Waals surface area contributed by atoms with Crippen LogP contribution in [0.2, 0.25) is 0 Å². The van der Waals surface area contributed by atoms with E-state index in [1.165, 1.54) is 0 Å². The normalized spacial score (nSPS) is 16.8. The summed E-state index contributed by atoms with van der Waals surface area (Å²) in [5.74, 6) is 0.106. The van der Waals surface area contributed by atoms with Gasteiger partial charge < -0.3 is 9.84 Å². The number of nitro groups is 1. The van der Waals surface area contributed by atoms with Gasteiger partial charge in [0.1, 0.15) is 5.54 Å². The zero-order valence-corrected chi connectivity index (χ0v) is 17.0. The summed E-state index contributed by atoms with van der Waals surface area (Å²) in [6.45, 7) is 1.65. The van der Waals surface area contributed by atoms with Gasteiger partial charge in [0.15, 0.2) is 15.7 Å². The molecule has 0 unspecified atom stereocenters. The number of aryl methyl sites for hydroxylation is 1. The number of hydrogen-bond donors (Lipinski definition) is 1. The van der Waals surface area contributed by atoms with Crippen molar-refractivity contribution in [2.75, 3.05) is 6.26 Å². The summed E-state index contributed by atoms with van der Waals surface area (Å²) in [4.78, 5) is 27.6. The minimum atomic E-state index is -3.74. The molecule has 0 aliphatic heterocycles. The second kappa shape index (κ2) is 7.90. The molecule has 3 rings (SSSR count). The number of benzene rings is 1. The molecule has 156 valence electrons. The van der Waals surface area contributed by atoms with Crippen LogP contribution in [0.4, 0.5) is 5.69 Å². The molecule has 0 bridgehead atoms. The Bertz CT molecular complexity index is 1040. The van der Waals surface area contributed by atoms with E-state index in [0.717, 1.165) is 50.1 Å². The molecular formula is C18H22N4O6S. The van der Waals surface area contributed by atoms with Gasteiger partial charge in [0.2, 0.25) is 5.89 Å². The number of nitrogens with one attached hydrogen (secondary N) is 1. The van der Waals surface area contributed by atoms with E-state index in [9.17, 15) is 23.3 Å². The van der Waals surface area contributed by atoms with E-state index in [1.54, 1.807) is 6.92 Å². The van der Waals surface area contributed by atoms with Gasteiger partial charge in [0.05, 0.1) is 9.82 Å². The zero-order valence-electron chi connectivity index (χ0n) is 16.2. The lowest BCUT2D eigenvalue weighted by Gasteiger charge is -2.30. The van der Waals surface area contributed by atoms with Crippen LogP contribution < -0.4 is 5.32 Å². The standard InChI is InChI=1S/C18H22N4O6S/c1-12-19-17(21-28-12)18(7-5-3-4-6-8-18)20-16(23)13-9-14(22(24)25)11-15(10-13)29(2,26)27/h9-11H,3-8H2,1-2H3,(H,20,23). The van der Waals surface area contributed by atoms with Gasteiger partial charge in [-0.05, 0) is 18.9 Å². The number of carbonyl (C=O) groups is 1. The maximum Gasteiger partial charge on any atom is 0.271 e.